The summed E-state index contributed by atoms with van der Waals surface area (Å²) in [5.74, 6) is -0.683. The largest absolute Gasteiger partial charge is 0.468 e. The number of carbonyl (C=O) groups excluding carboxylic acids is 2. The minimum absolute atomic E-state index is 0.0483. The lowest BCUT2D eigenvalue weighted by Crippen LogP contribution is -2.42. The van der Waals surface area contributed by atoms with E-state index in [4.69, 9.17) is 14.2 Å². The van der Waals surface area contributed by atoms with Gasteiger partial charge in [-0.2, -0.15) is 0 Å². The third kappa shape index (κ3) is 6.48. The molecule has 0 bridgehead atoms. The van der Waals surface area contributed by atoms with Crippen molar-refractivity contribution in [1.29, 1.82) is 0 Å². The summed E-state index contributed by atoms with van der Waals surface area (Å²) in [4.78, 5) is 25.9. The van der Waals surface area contributed by atoms with Crippen LogP contribution in [0.25, 0.3) is 0 Å². The van der Waals surface area contributed by atoms with Crippen molar-refractivity contribution in [3.63, 3.8) is 0 Å². The molecule has 0 spiro atoms. The maximum atomic E-state index is 12.7. The maximum Gasteiger partial charge on any atom is 0.325 e. The molecule has 1 saturated heterocycles. The Morgan fingerprint density at radius 2 is 2.04 bits per heavy atom. The van der Waals surface area contributed by atoms with Crippen LogP contribution in [0.2, 0.25) is 0 Å². The van der Waals surface area contributed by atoms with Crippen LogP contribution in [0.3, 0.4) is 0 Å². The number of nitrogens with zero attached hydrogens (tertiary/aromatic N) is 1. The molecule has 2 rings (SSSR count). The molecule has 0 N–H and O–H groups in total. The molecule has 2 atom stereocenters. The van der Waals surface area contributed by atoms with Crippen molar-refractivity contribution in [2.45, 2.75) is 44.9 Å². The minimum Gasteiger partial charge on any atom is -0.468 e. The molecule has 6 nitrogen and oxygen atoms in total. The smallest absolute Gasteiger partial charge is 0.325 e. The van der Waals surface area contributed by atoms with Crippen molar-refractivity contribution in [2.24, 2.45) is 0 Å². The topological polar surface area (TPSA) is 65.1 Å². The molecule has 6 heteroatoms. The van der Waals surface area contributed by atoms with Gasteiger partial charge in [0.2, 0.25) is 0 Å². The Balaban J connectivity index is 1.93. The number of amides is 1. The molecular weight excluding hydrogens is 322 g/mol. The molecule has 25 heavy (non-hydrogen) atoms. The Labute approximate surface area is 149 Å². The Morgan fingerprint density at radius 1 is 1.28 bits per heavy atom. The summed E-state index contributed by atoms with van der Waals surface area (Å²) in [6.45, 7) is 3.09. The number of hydrogen-bond donors (Lipinski definition) is 0. The van der Waals surface area contributed by atoms with Crippen molar-refractivity contribution in [3.05, 3.63) is 35.9 Å². The molecule has 1 heterocycles. The fraction of sp³-hybridized carbons (Fsp3) is 0.579. The van der Waals surface area contributed by atoms with Crippen molar-refractivity contribution >= 4 is 11.9 Å². The van der Waals surface area contributed by atoms with Gasteiger partial charge in [0.1, 0.15) is 12.6 Å². The summed E-state index contributed by atoms with van der Waals surface area (Å²) in [6.07, 6.45) is 2.57. The molecule has 0 saturated carbocycles. The molecule has 1 aliphatic rings. The maximum absolute atomic E-state index is 12.7. The number of hydrogen-bond acceptors (Lipinski definition) is 5. The highest BCUT2D eigenvalue weighted by Crippen LogP contribution is 2.14. The number of benzene rings is 1. The van der Waals surface area contributed by atoms with E-state index in [9.17, 15) is 9.59 Å². The first-order valence-corrected chi connectivity index (χ1v) is 8.73. The fourth-order valence-corrected chi connectivity index (χ4v) is 2.75. The third-order valence-corrected chi connectivity index (χ3v) is 4.23. The zero-order valence-electron chi connectivity index (χ0n) is 15.0. The monoisotopic (exact) mass is 349 g/mol. The lowest BCUT2D eigenvalue weighted by Gasteiger charge is -2.27. The molecule has 1 aromatic carbocycles. The predicted molar refractivity (Wildman–Crippen MR) is 92.9 cm³/mol. The van der Waals surface area contributed by atoms with Crippen LogP contribution in [0, 0.1) is 0 Å². The Hall–Kier alpha value is -1.92. The van der Waals surface area contributed by atoms with Crippen molar-refractivity contribution in [2.75, 3.05) is 26.9 Å². The molecule has 2 unspecified atom stereocenters. The Bertz CT molecular complexity index is 542. The molecule has 1 aliphatic heterocycles. The van der Waals surface area contributed by atoms with Crippen LogP contribution < -0.4 is 0 Å². The molecule has 0 radical (unpaired) electrons. The van der Waals surface area contributed by atoms with Crippen LogP contribution in [0.4, 0.5) is 0 Å². The van der Waals surface area contributed by atoms with E-state index < -0.39 is 12.1 Å². The van der Waals surface area contributed by atoms with Gasteiger partial charge in [0.05, 0.1) is 19.8 Å². The number of rotatable bonds is 8. The van der Waals surface area contributed by atoms with Gasteiger partial charge in [-0.3, -0.25) is 9.59 Å². The summed E-state index contributed by atoms with van der Waals surface area (Å²) >= 11 is 0. The van der Waals surface area contributed by atoms with Crippen molar-refractivity contribution in [1.82, 2.24) is 4.90 Å². The Kier molecular flexibility index (Phi) is 7.88. The second-order valence-electron chi connectivity index (χ2n) is 6.22. The van der Waals surface area contributed by atoms with Gasteiger partial charge in [0.25, 0.3) is 5.91 Å². The van der Waals surface area contributed by atoms with Gasteiger partial charge < -0.3 is 19.1 Å². The van der Waals surface area contributed by atoms with Crippen LogP contribution in [-0.2, 0) is 30.3 Å². The number of ether oxygens (including phenoxy) is 3. The quantitative estimate of drug-likeness (QED) is 0.673. The summed E-state index contributed by atoms with van der Waals surface area (Å²) in [5.41, 5.74) is 0.947. The van der Waals surface area contributed by atoms with Gasteiger partial charge in [-0.05, 0) is 31.7 Å². The van der Waals surface area contributed by atoms with Crippen LogP contribution >= 0.6 is 0 Å². The van der Waals surface area contributed by atoms with Crippen LogP contribution in [-0.4, -0.2) is 55.9 Å². The highest BCUT2D eigenvalue weighted by atomic mass is 16.5. The highest BCUT2D eigenvalue weighted by molar-refractivity contribution is 5.84. The number of methoxy groups -OCH3 is 1. The third-order valence-electron chi connectivity index (χ3n) is 4.23. The average molecular weight is 349 g/mol. The normalized spacial score (nSPS) is 18.4. The van der Waals surface area contributed by atoms with Gasteiger partial charge in [0, 0.05) is 13.2 Å². The van der Waals surface area contributed by atoms with E-state index in [0.717, 1.165) is 31.4 Å². The van der Waals surface area contributed by atoms with Gasteiger partial charge in [0.15, 0.2) is 0 Å². The highest BCUT2D eigenvalue weighted by Gasteiger charge is 2.25. The second kappa shape index (κ2) is 10.2. The van der Waals surface area contributed by atoms with Crippen LogP contribution in [0.5, 0.6) is 0 Å². The first kappa shape index (κ1) is 19.4. The summed E-state index contributed by atoms with van der Waals surface area (Å²) in [7, 11) is 1.31. The summed E-state index contributed by atoms with van der Waals surface area (Å²) < 4.78 is 16.0. The minimum atomic E-state index is -0.640. The molecule has 1 amide bonds. The predicted octanol–water partition coefficient (Wildman–Crippen LogP) is 2.16. The van der Waals surface area contributed by atoms with Crippen molar-refractivity contribution < 1.29 is 23.8 Å². The van der Waals surface area contributed by atoms with Crippen LogP contribution in [0.15, 0.2) is 30.3 Å². The van der Waals surface area contributed by atoms with E-state index in [1.165, 1.54) is 12.0 Å². The van der Waals surface area contributed by atoms with E-state index in [0.29, 0.717) is 13.2 Å². The SMILES string of the molecule is COC(=O)CN(Cc1ccccc1)C(=O)C(C)OCC1CCCCO1. The Morgan fingerprint density at radius 3 is 2.68 bits per heavy atom. The molecular formula is C19H27NO5. The van der Waals surface area contributed by atoms with E-state index >= 15 is 0 Å². The van der Waals surface area contributed by atoms with Crippen molar-refractivity contribution in [3.8, 4) is 0 Å². The standard InChI is InChI=1S/C19H27NO5/c1-15(25-14-17-10-6-7-11-24-17)19(22)20(13-18(21)23-2)12-16-8-4-3-5-9-16/h3-5,8-9,15,17H,6-7,10-14H2,1-2H3. The summed E-state index contributed by atoms with van der Waals surface area (Å²) in [5, 5.41) is 0. The zero-order chi connectivity index (χ0) is 18.1. The average Bonchev–Trinajstić information content (AvgIpc) is 2.66. The van der Waals surface area contributed by atoms with Gasteiger partial charge >= 0.3 is 5.97 Å². The lowest BCUT2D eigenvalue weighted by molar-refractivity contribution is -0.154. The van der Waals surface area contributed by atoms with Gasteiger partial charge in [-0.25, -0.2) is 0 Å². The molecule has 1 fully saturated rings. The number of carbonyl (C=O) groups is 2. The first-order chi connectivity index (χ1) is 12.1. The fourth-order valence-electron chi connectivity index (χ4n) is 2.75. The second-order valence-corrected chi connectivity index (χ2v) is 6.22. The first-order valence-electron chi connectivity index (χ1n) is 8.73. The number of esters is 1. The van der Waals surface area contributed by atoms with E-state index in [-0.39, 0.29) is 18.6 Å². The van der Waals surface area contributed by atoms with E-state index in [2.05, 4.69) is 0 Å². The van der Waals surface area contributed by atoms with E-state index in [1.807, 2.05) is 30.3 Å². The van der Waals surface area contributed by atoms with Gasteiger partial charge in [-0.15, -0.1) is 0 Å². The van der Waals surface area contributed by atoms with Gasteiger partial charge in [-0.1, -0.05) is 30.3 Å². The molecule has 138 valence electrons. The van der Waals surface area contributed by atoms with E-state index in [1.54, 1.807) is 6.92 Å². The lowest BCUT2D eigenvalue weighted by atomic mass is 10.1. The molecule has 0 aromatic heterocycles. The van der Waals surface area contributed by atoms with Crippen LogP contribution in [0.1, 0.15) is 31.7 Å². The zero-order valence-corrected chi connectivity index (χ0v) is 15.0. The summed E-state index contributed by atoms with van der Waals surface area (Å²) in [6, 6.07) is 9.54. The molecule has 0 aliphatic carbocycles. The molecule has 1 aromatic rings.